The van der Waals surface area contributed by atoms with Crippen LogP contribution in [0.2, 0.25) is 0 Å². The average Bonchev–Trinajstić information content (AvgIpc) is 2.38. The van der Waals surface area contributed by atoms with Crippen LogP contribution in [0.25, 0.3) is 0 Å². The highest BCUT2D eigenvalue weighted by Crippen LogP contribution is 2.08. The van der Waals surface area contributed by atoms with E-state index < -0.39 is 5.97 Å². The molecule has 0 fully saturated rings. The zero-order valence-electron chi connectivity index (χ0n) is 8.72. The second kappa shape index (κ2) is 5.21. The van der Waals surface area contributed by atoms with Gasteiger partial charge in [0.25, 0.3) is 0 Å². The average molecular weight is 220 g/mol. The number of hydrogen-bond acceptors (Lipinski definition) is 4. The van der Waals surface area contributed by atoms with Gasteiger partial charge in [-0.15, -0.1) is 0 Å². The van der Waals surface area contributed by atoms with Gasteiger partial charge in [0.1, 0.15) is 26.1 Å². The van der Waals surface area contributed by atoms with Gasteiger partial charge in [-0.05, 0) is 5.56 Å². The first-order valence-corrected chi connectivity index (χ1v) is 5.02. The maximum absolute atomic E-state index is 11.5. The summed E-state index contributed by atoms with van der Waals surface area (Å²) in [6.07, 6.45) is 1.29. The lowest BCUT2D eigenvalue weighted by molar-refractivity contribution is -0.145. The summed E-state index contributed by atoms with van der Waals surface area (Å²) < 4.78 is 15.1. The normalized spacial score (nSPS) is 14.4. The molecule has 0 aromatic heterocycles. The Morgan fingerprint density at radius 2 is 2.06 bits per heavy atom. The third kappa shape index (κ3) is 2.76. The topological polar surface area (TPSA) is 44.8 Å². The first-order valence-electron chi connectivity index (χ1n) is 5.02. The molecule has 0 bridgehead atoms. The molecule has 4 heteroatoms. The van der Waals surface area contributed by atoms with Crippen LogP contribution >= 0.6 is 0 Å². The fraction of sp³-hybridized carbons (Fsp3) is 0.250. The molecule has 1 aromatic rings. The summed E-state index contributed by atoms with van der Waals surface area (Å²) in [6.45, 7) is 1.09. The van der Waals surface area contributed by atoms with Crippen molar-refractivity contribution >= 4 is 5.97 Å². The van der Waals surface area contributed by atoms with Crippen molar-refractivity contribution in [1.82, 2.24) is 0 Å². The molecule has 0 amide bonds. The molecule has 0 atom stereocenters. The third-order valence-electron chi connectivity index (χ3n) is 2.06. The molecule has 4 nitrogen and oxygen atoms in total. The molecule has 0 spiro atoms. The SMILES string of the molecule is O=C(OCc1ccccc1)C1=COCCO1. The van der Waals surface area contributed by atoms with Crippen LogP contribution in [0, 0.1) is 0 Å². The number of carbonyl (C=O) groups is 1. The second-order valence-corrected chi connectivity index (χ2v) is 3.26. The summed E-state index contributed by atoms with van der Waals surface area (Å²) in [7, 11) is 0. The fourth-order valence-electron chi connectivity index (χ4n) is 1.27. The minimum atomic E-state index is -0.497. The Balaban J connectivity index is 1.86. The maximum atomic E-state index is 11.5. The monoisotopic (exact) mass is 220 g/mol. The smallest absolute Gasteiger partial charge is 0.377 e. The van der Waals surface area contributed by atoms with Gasteiger partial charge in [-0.2, -0.15) is 0 Å². The van der Waals surface area contributed by atoms with Gasteiger partial charge in [-0.1, -0.05) is 30.3 Å². The molecule has 1 aromatic carbocycles. The van der Waals surface area contributed by atoms with E-state index in [9.17, 15) is 4.79 Å². The highest BCUT2D eigenvalue weighted by molar-refractivity contribution is 5.86. The van der Waals surface area contributed by atoms with Crippen molar-refractivity contribution in [2.75, 3.05) is 13.2 Å². The third-order valence-corrected chi connectivity index (χ3v) is 2.06. The number of esters is 1. The molecule has 0 saturated heterocycles. The van der Waals surface area contributed by atoms with Crippen LogP contribution in [-0.2, 0) is 25.6 Å². The number of ether oxygens (including phenoxy) is 3. The van der Waals surface area contributed by atoms with E-state index in [0.29, 0.717) is 13.2 Å². The van der Waals surface area contributed by atoms with Gasteiger partial charge in [-0.25, -0.2) is 4.79 Å². The van der Waals surface area contributed by atoms with E-state index in [1.54, 1.807) is 0 Å². The van der Waals surface area contributed by atoms with Crippen LogP contribution < -0.4 is 0 Å². The Morgan fingerprint density at radius 3 is 2.75 bits per heavy atom. The van der Waals surface area contributed by atoms with Gasteiger partial charge in [0.15, 0.2) is 0 Å². The quantitative estimate of drug-likeness (QED) is 0.726. The minimum absolute atomic E-state index is 0.127. The first kappa shape index (κ1) is 10.5. The molecule has 1 heterocycles. The molecule has 0 N–H and O–H groups in total. The Morgan fingerprint density at radius 1 is 1.25 bits per heavy atom. The van der Waals surface area contributed by atoms with Gasteiger partial charge >= 0.3 is 5.97 Å². The van der Waals surface area contributed by atoms with Crippen LogP contribution in [0.4, 0.5) is 0 Å². The van der Waals surface area contributed by atoms with Crippen molar-refractivity contribution in [3.05, 3.63) is 47.9 Å². The Hall–Kier alpha value is -1.97. The van der Waals surface area contributed by atoms with Gasteiger partial charge in [0, 0.05) is 0 Å². The second-order valence-electron chi connectivity index (χ2n) is 3.26. The molecule has 84 valence electrons. The Kier molecular flexibility index (Phi) is 3.43. The van der Waals surface area contributed by atoms with Crippen LogP contribution in [0.3, 0.4) is 0 Å². The molecule has 2 rings (SSSR count). The van der Waals surface area contributed by atoms with E-state index in [2.05, 4.69) is 0 Å². The van der Waals surface area contributed by atoms with Crippen molar-refractivity contribution < 1.29 is 19.0 Å². The summed E-state index contributed by atoms with van der Waals surface area (Å²) in [6, 6.07) is 9.47. The first-order chi connectivity index (χ1) is 7.86. The van der Waals surface area contributed by atoms with Crippen molar-refractivity contribution in [3.63, 3.8) is 0 Å². The van der Waals surface area contributed by atoms with Crippen LogP contribution in [0.5, 0.6) is 0 Å². The van der Waals surface area contributed by atoms with E-state index in [1.165, 1.54) is 6.26 Å². The van der Waals surface area contributed by atoms with E-state index in [1.807, 2.05) is 30.3 Å². The summed E-state index contributed by atoms with van der Waals surface area (Å²) in [5.41, 5.74) is 0.938. The lowest BCUT2D eigenvalue weighted by Gasteiger charge is -2.14. The molecule has 16 heavy (non-hydrogen) atoms. The van der Waals surface area contributed by atoms with Gasteiger partial charge in [-0.3, -0.25) is 0 Å². The zero-order valence-corrected chi connectivity index (χ0v) is 8.72. The highest BCUT2D eigenvalue weighted by Gasteiger charge is 2.16. The summed E-state index contributed by atoms with van der Waals surface area (Å²) in [5.74, 6) is -0.370. The van der Waals surface area contributed by atoms with Crippen LogP contribution in [0.1, 0.15) is 5.56 Å². The highest BCUT2D eigenvalue weighted by atomic mass is 16.6. The number of benzene rings is 1. The molecular weight excluding hydrogens is 208 g/mol. The molecular formula is C12H12O4. The van der Waals surface area contributed by atoms with E-state index in [-0.39, 0.29) is 12.4 Å². The number of hydrogen-bond donors (Lipinski definition) is 0. The van der Waals surface area contributed by atoms with Crippen LogP contribution in [0.15, 0.2) is 42.4 Å². The Labute approximate surface area is 93.4 Å². The van der Waals surface area contributed by atoms with Crippen LogP contribution in [-0.4, -0.2) is 19.2 Å². The van der Waals surface area contributed by atoms with Crippen molar-refractivity contribution in [3.8, 4) is 0 Å². The molecule has 1 aliphatic rings. The maximum Gasteiger partial charge on any atom is 0.377 e. The number of carbonyl (C=O) groups excluding carboxylic acids is 1. The molecule has 0 unspecified atom stereocenters. The van der Waals surface area contributed by atoms with Gasteiger partial charge < -0.3 is 14.2 Å². The van der Waals surface area contributed by atoms with E-state index in [4.69, 9.17) is 14.2 Å². The van der Waals surface area contributed by atoms with Gasteiger partial charge in [0.05, 0.1) is 0 Å². The molecule has 0 radical (unpaired) electrons. The van der Waals surface area contributed by atoms with Crippen molar-refractivity contribution in [2.45, 2.75) is 6.61 Å². The summed E-state index contributed by atoms with van der Waals surface area (Å²) in [4.78, 5) is 11.5. The standard InChI is InChI=1S/C12H12O4/c13-12(11-9-14-6-7-15-11)16-8-10-4-2-1-3-5-10/h1-5,9H,6-8H2. The van der Waals surface area contributed by atoms with Gasteiger partial charge in [0.2, 0.25) is 5.76 Å². The predicted octanol–water partition coefficient (Wildman–Crippen LogP) is 1.62. The largest absolute Gasteiger partial charge is 0.493 e. The lowest BCUT2D eigenvalue weighted by Crippen LogP contribution is -2.17. The molecule has 1 aliphatic heterocycles. The van der Waals surface area contributed by atoms with Crippen molar-refractivity contribution in [2.24, 2.45) is 0 Å². The molecule has 0 aliphatic carbocycles. The Bertz CT molecular complexity index is 383. The fourth-order valence-corrected chi connectivity index (χ4v) is 1.27. The summed E-state index contributed by atoms with van der Waals surface area (Å²) >= 11 is 0. The summed E-state index contributed by atoms with van der Waals surface area (Å²) in [5, 5.41) is 0. The molecule has 0 saturated carbocycles. The van der Waals surface area contributed by atoms with Crippen molar-refractivity contribution in [1.29, 1.82) is 0 Å². The minimum Gasteiger partial charge on any atom is -0.493 e. The van der Waals surface area contributed by atoms with E-state index in [0.717, 1.165) is 5.56 Å². The zero-order chi connectivity index (χ0) is 11.2. The predicted molar refractivity (Wildman–Crippen MR) is 56.2 cm³/mol. The lowest BCUT2D eigenvalue weighted by atomic mass is 10.2. The number of rotatable bonds is 3. The van der Waals surface area contributed by atoms with E-state index >= 15 is 0 Å².